The van der Waals surface area contributed by atoms with E-state index in [1.807, 2.05) is 0 Å². The minimum Gasteiger partial charge on any atom is -0.392 e. The van der Waals surface area contributed by atoms with E-state index in [1.165, 1.54) is 19.3 Å². The second-order valence-corrected chi connectivity index (χ2v) is 10.2. The Kier molecular flexibility index (Phi) is 5.13. The minimum absolute atomic E-state index is 0.0682. The number of aliphatic hydroxyl groups is 1. The SMILES string of the molecule is COC(OC)C(C)[C@H]1CC[C@H]2[C@@H]3[C@H](O)CC4=CC(=O)C=C[C@]4(C)[C@H]3CC[C@]12C. The van der Waals surface area contributed by atoms with Crippen LogP contribution in [0.25, 0.3) is 0 Å². The van der Waals surface area contributed by atoms with Gasteiger partial charge in [-0.3, -0.25) is 4.79 Å². The summed E-state index contributed by atoms with van der Waals surface area (Å²) in [4.78, 5) is 11.9. The maximum absolute atomic E-state index is 11.9. The third-order valence-corrected chi connectivity index (χ3v) is 9.18. The Labute approximate surface area is 169 Å². The maximum Gasteiger partial charge on any atom is 0.178 e. The molecule has 0 saturated heterocycles. The summed E-state index contributed by atoms with van der Waals surface area (Å²) in [6.07, 6.45) is 10.4. The monoisotopic (exact) mass is 388 g/mol. The summed E-state index contributed by atoms with van der Waals surface area (Å²) >= 11 is 0. The van der Waals surface area contributed by atoms with Gasteiger partial charge in [-0.15, -0.1) is 0 Å². The van der Waals surface area contributed by atoms with Crippen LogP contribution in [0.5, 0.6) is 0 Å². The van der Waals surface area contributed by atoms with Crippen LogP contribution < -0.4 is 0 Å². The Morgan fingerprint density at radius 1 is 1.14 bits per heavy atom. The fourth-order valence-corrected chi connectivity index (χ4v) is 7.79. The van der Waals surface area contributed by atoms with Gasteiger partial charge in [0.25, 0.3) is 0 Å². The highest BCUT2D eigenvalue weighted by Crippen LogP contribution is 2.67. The van der Waals surface area contributed by atoms with E-state index in [-0.39, 0.29) is 29.0 Å². The third-order valence-electron chi connectivity index (χ3n) is 9.18. The molecule has 0 amide bonds. The quantitative estimate of drug-likeness (QED) is 0.736. The second kappa shape index (κ2) is 7.07. The first kappa shape index (κ1) is 20.3. The van der Waals surface area contributed by atoms with Crippen molar-refractivity contribution in [3.8, 4) is 0 Å². The number of methoxy groups -OCH3 is 2. The Hall–Kier alpha value is -0.970. The van der Waals surface area contributed by atoms with Gasteiger partial charge in [-0.1, -0.05) is 32.4 Å². The zero-order valence-corrected chi connectivity index (χ0v) is 18.0. The van der Waals surface area contributed by atoms with Gasteiger partial charge in [0.05, 0.1) is 6.10 Å². The molecule has 0 aromatic heterocycles. The summed E-state index contributed by atoms with van der Waals surface area (Å²) in [6, 6.07) is 0. The van der Waals surface area contributed by atoms with Gasteiger partial charge in [0.1, 0.15) is 0 Å². The van der Waals surface area contributed by atoms with Crippen LogP contribution in [0, 0.1) is 40.4 Å². The molecule has 3 saturated carbocycles. The Bertz CT molecular complexity index is 693. The maximum atomic E-state index is 11.9. The van der Waals surface area contributed by atoms with Crippen LogP contribution in [0.15, 0.2) is 23.8 Å². The number of allylic oxidation sites excluding steroid dienone is 3. The van der Waals surface area contributed by atoms with Crippen LogP contribution in [-0.4, -0.2) is 37.5 Å². The van der Waals surface area contributed by atoms with Gasteiger partial charge < -0.3 is 14.6 Å². The highest BCUT2D eigenvalue weighted by molar-refractivity contribution is 6.01. The first-order valence-corrected chi connectivity index (χ1v) is 10.9. The molecule has 3 fully saturated rings. The van der Waals surface area contributed by atoms with Gasteiger partial charge in [0.2, 0.25) is 0 Å². The molecule has 0 bridgehead atoms. The predicted molar refractivity (Wildman–Crippen MR) is 108 cm³/mol. The van der Waals surface area contributed by atoms with Crippen molar-refractivity contribution in [2.75, 3.05) is 14.2 Å². The molecule has 0 aliphatic heterocycles. The van der Waals surface area contributed by atoms with Crippen LogP contribution in [0.4, 0.5) is 0 Å². The summed E-state index contributed by atoms with van der Waals surface area (Å²) in [7, 11) is 3.46. The molecule has 4 aliphatic carbocycles. The van der Waals surface area contributed by atoms with Crippen molar-refractivity contribution >= 4 is 5.78 Å². The molecule has 1 unspecified atom stereocenters. The molecule has 1 N–H and O–H groups in total. The molecule has 28 heavy (non-hydrogen) atoms. The lowest BCUT2D eigenvalue weighted by Gasteiger charge is -2.59. The Morgan fingerprint density at radius 2 is 1.86 bits per heavy atom. The van der Waals surface area contributed by atoms with Crippen LogP contribution >= 0.6 is 0 Å². The van der Waals surface area contributed by atoms with Gasteiger partial charge in [-0.25, -0.2) is 0 Å². The van der Waals surface area contributed by atoms with E-state index in [2.05, 4.69) is 26.8 Å². The van der Waals surface area contributed by atoms with Gasteiger partial charge in [-0.05, 0) is 73.3 Å². The first-order chi connectivity index (χ1) is 13.3. The van der Waals surface area contributed by atoms with Crippen molar-refractivity contribution in [3.05, 3.63) is 23.8 Å². The lowest BCUT2D eigenvalue weighted by Crippen LogP contribution is -2.55. The lowest BCUT2D eigenvalue weighted by atomic mass is 9.46. The van der Waals surface area contributed by atoms with E-state index >= 15 is 0 Å². The van der Waals surface area contributed by atoms with E-state index < -0.39 is 0 Å². The smallest absolute Gasteiger partial charge is 0.178 e. The zero-order valence-electron chi connectivity index (χ0n) is 18.0. The summed E-state index contributed by atoms with van der Waals surface area (Å²) < 4.78 is 11.2. The van der Waals surface area contributed by atoms with Crippen molar-refractivity contribution in [2.45, 2.75) is 65.3 Å². The molecule has 0 aromatic carbocycles. The standard InChI is InChI=1S/C24H36O4/c1-14(22(27-4)28-5)17-6-7-18-21-19(9-11-24(17,18)3)23(2)10-8-16(25)12-15(23)13-20(21)26/h8,10,12,14,17-22,26H,6-7,9,11,13H2,1-5H3/t14?,17-,18+,19+,20-,21+,23+,24-/m1/s1. The van der Waals surface area contributed by atoms with Crippen molar-refractivity contribution in [1.82, 2.24) is 0 Å². The van der Waals surface area contributed by atoms with Gasteiger partial charge >= 0.3 is 0 Å². The van der Waals surface area contributed by atoms with Crippen LogP contribution in [-0.2, 0) is 14.3 Å². The lowest BCUT2D eigenvalue weighted by molar-refractivity contribution is -0.165. The molecule has 4 heteroatoms. The number of fused-ring (bicyclic) bond motifs is 5. The van der Waals surface area contributed by atoms with E-state index in [0.717, 1.165) is 12.0 Å². The van der Waals surface area contributed by atoms with E-state index in [9.17, 15) is 9.90 Å². The molecule has 0 radical (unpaired) electrons. The minimum atomic E-state index is -0.344. The summed E-state index contributed by atoms with van der Waals surface area (Å²) in [5, 5.41) is 11.2. The van der Waals surface area contributed by atoms with Crippen LogP contribution in [0.1, 0.15) is 52.9 Å². The van der Waals surface area contributed by atoms with E-state index in [4.69, 9.17) is 9.47 Å². The average molecular weight is 389 g/mol. The van der Waals surface area contributed by atoms with Gasteiger partial charge in [0, 0.05) is 25.6 Å². The molecule has 0 spiro atoms. The molecule has 4 rings (SSSR count). The van der Waals surface area contributed by atoms with E-state index in [1.54, 1.807) is 26.4 Å². The molecule has 4 nitrogen and oxygen atoms in total. The molecule has 0 aromatic rings. The topological polar surface area (TPSA) is 55.8 Å². The number of ether oxygens (including phenoxy) is 2. The number of rotatable bonds is 4. The Balaban J connectivity index is 1.65. The normalized spacial score (nSPS) is 46.0. The number of hydrogen-bond acceptors (Lipinski definition) is 4. The van der Waals surface area contributed by atoms with Crippen LogP contribution in [0.3, 0.4) is 0 Å². The summed E-state index contributed by atoms with van der Waals surface area (Å²) in [5.74, 6) is 2.19. The summed E-state index contributed by atoms with van der Waals surface area (Å²) in [6.45, 7) is 7.00. The van der Waals surface area contributed by atoms with Crippen molar-refractivity contribution in [1.29, 1.82) is 0 Å². The first-order valence-electron chi connectivity index (χ1n) is 10.9. The fraction of sp³-hybridized carbons (Fsp3) is 0.792. The molecule has 4 aliphatic rings. The number of carbonyl (C=O) groups excluding carboxylic acids is 1. The Morgan fingerprint density at radius 3 is 2.54 bits per heavy atom. The van der Waals surface area contributed by atoms with Gasteiger partial charge in [-0.2, -0.15) is 0 Å². The molecular formula is C24H36O4. The number of hydrogen-bond donors (Lipinski definition) is 1. The molecule has 0 heterocycles. The number of carbonyl (C=O) groups is 1. The van der Waals surface area contributed by atoms with E-state index in [0.29, 0.717) is 36.0 Å². The highest BCUT2D eigenvalue weighted by atomic mass is 16.7. The predicted octanol–water partition coefficient (Wildman–Crippen LogP) is 4.14. The molecule has 156 valence electrons. The van der Waals surface area contributed by atoms with Crippen molar-refractivity contribution in [2.24, 2.45) is 40.4 Å². The fourth-order valence-electron chi connectivity index (χ4n) is 7.79. The van der Waals surface area contributed by atoms with Crippen molar-refractivity contribution in [3.63, 3.8) is 0 Å². The van der Waals surface area contributed by atoms with Gasteiger partial charge in [0.15, 0.2) is 12.1 Å². The zero-order chi connectivity index (χ0) is 20.3. The number of ketones is 1. The second-order valence-electron chi connectivity index (χ2n) is 10.2. The number of aliphatic hydroxyl groups excluding tert-OH is 1. The highest BCUT2D eigenvalue weighted by Gasteiger charge is 2.61. The average Bonchev–Trinajstić information content (AvgIpc) is 3.01. The largest absolute Gasteiger partial charge is 0.392 e. The molecule has 8 atom stereocenters. The molecular weight excluding hydrogens is 352 g/mol. The van der Waals surface area contributed by atoms with Crippen molar-refractivity contribution < 1.29 is 19.4 Å². The van der Waals surface area contributed by atoms with Crippen LogP contribution in [0.2, 0.25) is 0 Å². The summed E-state index contributed by atoms with van der Waals surface area (Å²) in [5.41, 5.74) is 1.27. The third kappa shape index (κ3) is 2.79.